The van der Waals surface area contributed by atoms with Crippen molar-refractivity contribution >= 4 is 31.6 Å². The number of rotatable bonds is 7. The number of hydrogen-bond acceptors (Lipinski definition) is 4. The largest absolute Gasteiger partial charge is 0.497 e. The second-order valence-electron chi connectivity index (χ2n) is 6.02. The van der Waals surface area contributed by atoms with E-state index in [-0.39, 0.29) is 11.4 Å². The number of sulfonamides is 1. The third kappa shape index (κ3) is 4.48. The van der Waals surface area contributed by atoms with E-state index in [2.05, 4.69) is 15.9 Å². The number of hydrogen-bond donors (Lipinski definition) is 0. The smallest absolute Gasteiger partial charge is 0.264 e. The average molecular weight is 462 g/mol. The Morgan fingerprint density at radius 2 is 1.43 bits per heavy atom. The SMILES string of the molecule is COc1ccc(CN(c2cccc(Br)c2)S(=O)(=O)c2ccc(OC)cc2)cc1. The lowest BCUT2D eigenvalue weighted by Gasteiger charge is -2.25. The number of ether oxygens (including phenoxy) is 2. The molecule has 0 aliphatic carbocycles. The van der Waals surface area contributed by atoms with Crippen LogP contribution in [0.25, 0.3) is 0 Å². The topological polar surface area (TPSA) is 55.8 Å². The first-order chi connectivity index (χ1) is 13.4. The van der Waals surface area contributed by atoms with Gasteiger partial charge in [0.15, 0.2) is 0 Å². The summed E-state index contributed by atoms with van der Waals surface area (Å²) in [6.45, 7) is 0.189. The molecule has 7 heteroatoms. The average Bonchev–Trinajstić information content (AvgIpc) is 2.72. The molecule has 0 aliphatic heterocycles. The minimum Gasteiger partial charge on any atom is -0.497 e. The summed E-state index contributed by atoms with van der Waals surface area (Å²) < 4.78 is 39.3. The van der Waals surface area contributed by atoms with Crippen LogP contribution in [0.2, 0.25) is 0 Å². The molecule has 0 atom stereocenters. The van der Waals surface area contributed by atoms with Crippen LogP contribution in [-0.4, -0.2) is 22.6 Å². The maximum Gasteiger partial charge on any atom is 0.264 e. The molecule has 0 saturated heterocycles. The van der Waals surface area contributed by atoms with Crippen LogP contribution in [0.4, 0.5) is 5.69 Å². The lowest BCUT2D eigenvalue weighted by molar-refractivity contribution is 0.414. The first-order valence-corrected chi connectivity index (χ1v) is 10.7. The number of methoxy groups -OCH3 is 2. The quantitative estimate of drug-likeness (QED) is 0.503. The fourth-order valence-corrected chi connectivity index (χ4v) is 4.55. The van der Waals surface area contributed by atoms with Crippen LogP contribution in [0.3, 0.4) is 0 Å². The minimum absolute atomic E-state index is 0.189. The molecule has 0 N–H and O–H groups in total. The summed E-state index contributed by atoms with van der Waals surface area (Å²) >= 11 is 3.42. The molecule has 3 rings (SSSR count). The minimum atomic E-state index is -3.78. The Labute approximate surface area is 173 Å². The molecule has 3 aromatic carbocycles. The Balaban J connectivity index is 2.03. The molecule has 146 valence electrons. The van der Waals surface area contributed by atoms with E-state index in [9.17, 15) is 8.42 Å². The lowest BCUT2D eigenvalue weighted by Crippen LogP contribution is -2.30. The second-order valence-corrected chi connectivity index (χ2v) is 8.79. The van der Waals surface area contributed by atoms with E-state index in [4.69, 9.17) is 9.47 Å². The number of nitrogens with zero attached hydrogens (tertiary/aromatic N) is 1. The van der Waals surface area contributed by atoms with Crippen molar-refractivity contribution in [3.63, 3.8) is 0 Å². The maximum absolute atomic E-state index is 13.4. The van der Waals surface area contributed by atoms with Gasteiger partial charge in [0.2, 0.25) is 0 Å². The normalized spacial score (nSPS) is 11.1. The molecule has 0 heterocycles. The third-order valence-electron chi connectivity index (χ3n) is 4.23. The van der Waals surface area contributed by atoms with Crippen molar-refractivity contribution in [3.05, 3.63) is 82.8 Å². The number of benzene rings is 3. The van der Waals surface area contributed by atoms with Gasteiger partial charge >= 0.3 is 0 Å². The molecule has 0 bridgehead atoms. The zero-order valence-corrected chi connectivity index (χ0v) is 17.9. The van der Waals surface area contributed by atoms with E-state index in [1.165, 1.54) is 4.31 Å². The molecule has 0 amide bonds. The highest BCUT2D eigenvalue weighted by Crippen LogP contribution is 2.29. The Morgan fingerprint density at radius 3 is 1.96 bits per heavy atom. The van der Waals surface area contributed by atoms with Gasteiger partial charge in [-0.25, -0.2) is 8.42 Å². The van der Waals surface area contributed by atoms with Gasteiger partial charge in [0, 0.05) is 4.47 Å². The highest BCUT2D eigenvalue weighted by molar-refractivity contribution is 9.10. The summed E-state index contributed by atoms with van der Waals surface area (Å²) in [5.74, 6) is 1.32. The maximum atomic E-state index is 13.4. The summed E-state index contributed by atoms with van der Waals surface area (Å²) in [5, 5.41) is 0. The summed E-state index contributed by atoms with van der Waals surface area (Å²) in [6, 6.07) is 20.9. The summed E-state index contributed by atoms with van der Waals surface area (Å²) in [6.07, 6.45) is 0. The van der Waals surface area contributed by atoms with Crippen LogP contribution in [0.5, 0.6) is 11.5 Å². The van der Waals surface area contributed by atoms with E-state index >= 15 is 0 Å². The standard InChI is InChI=1S/C21H20BrNO4S/c1-26-19-8-6-16(7-9-19)15-23(18-5-3-4-17(22)14-18)28(24,25)21-12-10-20(27-2)11-13-21/h3-14H,15H2,1-2H3. The Hall–Kier alpha value is -2.51. The van der Waals surface area contributed by atoms with Crippen LogP contribution >= 0.6 is 15.9 Å². The van der Waals surface area contributed by atoms with Crippen LogP contribution in [0, 0.1) is 0 Å². The van der Waals surface area contributed by atoms with Gasteiger partial charge in [-0.1, -0.05) is 34.1 Å². The highest BCUT2D eigenvalue weighted by Gasteiger charge is 2.25. The molecule has 0 radical (unpaired) electrons. The fraction of sp³-hybridized carbons (Fsp3) is 0.143. The van der Waals surface area contributed by atoms with Crippen molar-refractivity contribution in [1.29, 1.82) is 0 Å². The van der Waals surface area contributed by atoms with Gasteiger partial charge in [-0.05, 0) is 60.2 Å². The first kappa shape index (κ1) is 20.2. The zero-order valence-electron chi connectivity index (χ0n) is 15.5. The van der Waals surface area contributed by atoms with Gasteiger partial charge in [0.25, 0.3) is 10.0 Å². The molecule has 0 spiro atoms. The molecule has 28 heavy (non-hydrogen) atoms. The van der Waals surface area contributed by atoms with Crippen molar-refractivity contribution < 1.29 is 17.9 Å². The van der Waals surface area contributed by atoms with Gasteiger partial charge in [0.05, 0.1) is 31.3 Å². The third-order valence-corrected chi connectivity index (χ3v) is 6.51. The Kier molecular flexibility index (Phi) is 6.26. The van der Waals surface area contributed by atoms with Crippen LogP contribution in [0.1, 0.15) is 5.56 Å². The summed E-state index contributed by atoms with van der Waals surface area (Å²) in [4.78, 5) is 0.196. The van der Waals surface area contributed by atoms with Crippen LogP contribution in [0.15, 0.2) is 82.2 Å². The van der Waals surface area contributed by atoms with E-state index in [1.54, 1.807) is 50.6 Å². The van der Waals surface area contributed by atoms with Crippen molar-refractivity contribution in [2.45, 2.75) is 11.4 Å². The van der Waals surface area contributed by atoms with Gasteiger partial charge in [-0.2, -0.15) is 0 Å². The van der Waals surface area contributed by atoms with Crippen molar-refractivity contribution in [2.75, 3.05) is 18.5 Å². The molecular formula is C21H20BrNO4S. The van der Waals surface area contributed by atoms with Gasteiger partial charge in [-0.3, -0.25) is 4.31 Å². The predicted octanol–water partition coefficient (Wildman–Crippen LogP) is 4.86. The predicted molar refractivity (Wildman–Crippen MR) is 113 cm³/mol. The van der Waals surface area contributed by atoms with Crippen molar-refractivity contribution in [2.24, 2.45) is 0 Å². The monoisotopic (exact) mass is 461 g/mol. The molecule has 0 saturated carbocycles. The Bertz CT molecular complexity index is 1030. The number of halogens is 1. The van der Waals surface area contributed by atoms with Gasteiger partial charge in [0.1, 0.15) is 11.5 Å². The van der Waals surface area contributed by atoms with Crippen molar-refractivity contribution in [3.8, 4) is 11.5 Å². The molecular weight excluding hydrogens is 442 g/mol. The molecule has 0 aromatic heterocycles. The molecule has 0 aliphatic rings. The highest BCUT2D eigenvalue weighted by atomic mass is 79.9. The molecule has 5 nitrogen and oxygen atoms in total. The number of anilines is 1. The fourth-order valence-electron chi connectivity index (χ4n) is 2.72. The van der Waals surface area contributed by atoms with E-state index in [0.717, 1.165) is 15.8 Å². The van der Waals surface area contributed by atoms with Crippen LogP contribution < -0.4 is 13.8 Å². The van der Waals surface area contributed by atoms with Gasteiger partial charge < -0.3 is 9.47 Å². The Morgan fingerprint density at radius 1 is 0.857 bits per heavy atom. The molecule has 0 unspecified atom stereocenters. The van der Waals surface area contributed by atoms with E-state index in [1.807, 2.05) is 36.4 Å². The summed E-state index contributed by atoms with van der Waals surface area (Å²) in [5.41, 5.74) is 1.42. The van der Waals surface area contributed by atoms with E-state index in [0.29, 0.717) is 11.4 Å². The van der Waals surface area contributed by atoms with Crippen molar-refractivity contribution in [1.82, 2.24) is 0 Å². The summed E-state index contributed by atoms with van der Waals surface area (Å²) in [7, 11) is -0.647. The zero-order chi connectivity index (χ0) is 20.1. The first-order valence-electron chi connectivity index (χ1n) is 8.49. The lowest BCUT2D eigenvalue weighted by atomic mass is 10.2. The van der Waals surface area contributed by atoms with Crippen LogP contribution in [-0.2, 0) is 16.6 Å². The van der Waals surface area contributed by atoms with Gasteiger partial charge in [-0.15, -0.1) is 0 Å². The van der Waals surface area contributed by atoms with E-state index < -0.39 is 10.0 Å². The molecule has 0 fully saturated rings. The second kappa shape index (κ2) is 8.67. The molecule has 3 aromatic rings.